The fraction of sp³-hybridized carbons (Fsp3) is 0. The highest BCUT2D eigenvalue weighted by atomic mass is 16.3. The predicted molar refractivity (Wildman–Crippen MR) is 170 cm³/mol. The highest BCUT2D eigenvalue weighted by molar-refractivity contribution is 6.12. The molecule has 0 spiro atoms. The van der Waals surface area contributed by atoms with Crippen LogP contribution in [0.3, 0.4) is 0 Å². The van der Waals surface area contributed by atoms with Gasteiger partial charge in [0.2, 0.25) is 0 Å². The van der Waals surface area contributed by atoms with Gasteiger partial charge in [0.15, 0.2) is 0 Å². The largest absolute Gasteiger partial charge is 0.455 e. The molecule has 190 valence electrons. The van der Waals surface area contributed by atoms with E-state index in [1.54, 1.807) is 0 Å². The van der Waals surface area contributed by atoms with E-state index in [2.05, 4.69) is 127 Å². The van der Waals surface area contributed by atoms with Gasteiger partial charge in [-0.15, -0.1) is 0 Å². The Morgan fingerprint density at radius 2 is 0.927 bits per heavy atom. The van der Waals surface area contributed by atoms with Gasteiger partial charge in [0.1, 0.15) is 11.2 Å². The molecule has 2 nitrogen and oxygen atoms in total. The zero-order valence-corrected chi connectivity index (χ0v) is 22.1. The first-order valence-corrected chi connectivity index (χ1v) is 14.0. The Bertz CT molecular complexity index is 2320. The van der Waals surface area contributed by atoms with Crippen LogP contribution in [0.4, 0.5) is 0 Å². The minimum Gasteiger partial charge on any atom is -0.455 e. The molecule has 0 radical (unpaired) electrons. The summed E-state index contributed by atoms with van der Waals surface area (Å²) >= 11 is 0. The zero-order chi connectivity index (χ0) is 26.9. The van der Waals surface area contributed by atoms with Crippen LogP contribution in [-0.2, 0) is 0 Å². The van der Waals surface area contributed by atoms with Crippen molar-refractivity contribution in [2.24, 2.45) is 0 Å². The predicted octanol–water partition coefficient (Wildman–Crippen LogP) is 10.8. The summed E-state index contributed by atoms with van der Waals surface area (Å²) in [6, 6.07) is 49.6. The number of para-hydroxylation sites is 2. The Balaban J connectivity index is 1.39. The van der Waals surface area contributed by atoms with Crippen LogP contribution >= 0.6 is 0 Å². The molecule has 0 N–H and O–H groups in total. The third-order valence-corrected chi connectivity index (χ3v) is 8.46. The summed E-state index contributed by atoms with van der Waals surface area (Å²) in [5, 5.41) is 3.35. The van der Waals surface area contributed by atoms with Gasteiger partial charge in [-0.25, -0.2) is 4.98 Å². The number of hydrogen-bond donors (Lipinski definition) is 0. The van der Waals surface area contributed by atoms with Crippen molar-refractivity contribution >= 4 is 32.8 Å². The first kappa shape index (κ1) is 22.4. The number of rotatable bonds is 1. The normalized spacial score (nSPS) is 11.9. The second-order valence-electron chi connectivity index (χ2n) is 10.7. The maximum Gasteiger partial charge on any atom is 0.144 e. The Labute approximate surface area is 237 Å². The summed E-state index contributed by atoms with van der Waals surface area (Å²) in [4.78, 5) is 5.42. The maximum atomic E-state index is 6.40. The third-order valence-electron chi connectivity index (χ3n) is 8.46. The summed E-state index contributed by atoms with van der Waals surface area (Å²) in [5.74, 6) is 0. The van der Waals surface area contributed by atoms with Crippen LogP contribution in [0.5, 0.6) is 0 Å². The lowest BCUT2D eigenvalue weighted by Crippen LogP contribution is -1.99. The number of furan rings is 1. The van der Waals surface area contributed by atoms with E-state index in [-0.39, 0.29) is 0 Å². The van der Waals surface area contributed by atoms with Crippen molar-refractivity contribution in [3.63, 3.8) is 0 Å². The third kappa shape index (κ3) is 3.22. The van der Waals surface area contributed by atoms with Crippen molar-refractivity contribution in [1.82, 2.24) is 4.98 Å². The molecule has 0 fully saturated rings. The van der Waals surface area contributed by atoms with E-state index >= 15 is 0 Å². The van der Waals surface area contributed by atoms with Crippen LogP contribution in [0.2, 0.25) is 0 Å². The van der Waals surface area contributed by atoms with E-state index in [0.717, 1.165) is 44.1 Å². The molecule has 41 heavy (non-hydrogen) atoms. The lowest BCUT2D eigenvalue weighted by Gasteiger charge is -2.24. The molecule has 0 saturated heterocycles. The maximum absolute atomic E-state index is 6.40. The first-order valence-electron chi connectivity index (χ1n) is 14.0. The van der Waals surface area contributed by atoms with Gasteiger partial charge in [-0.1, -0.05) is 121 Å². The van der Waals surface area contributed by atoms with Gasteiger partial charge >= 0.3 is 0 Å². The minimum absolute atomic E-state index is 0.874. The average Bonchev–Trinajstić information content (AvgIpc) is 3.42. The Morgan fingerprint density at radius 1 is 0.390 bits per heavy atom. The van der Waals surface area contributed by atoms with Gasteiger partial charge in [0.05, 0.1) is 11.2 Å². The molecular formula is C39H23NO. The van der Waals surface area contributed by atoms with E-state index in [0.29, 0.717) is 0 Å². The summed E-state index contributed by atoms with van der Waals surface area (Å²) in [5.41, 5.74) is 14.4. The van der Waals surface area contributed by atoms with Crippen LogP contribution in [-0.4, -0.2) is 4.98 Å². The smallest absolute Gasteiger partial charge is 0.144 e. The highest BCUT2D eigenvalue weighted by Crippen LogP contribution is 2.49. The van der Waals surface area contributed by atoms with E-state index in [9.17, 15) is 0 Å². The Morgan fingerprint density at radius 3 is 1.66 bits per heavy atom. The molecular weight excluding hydrogens is 498 g/mol. The van der Waals surface area contributed by atoms with Gasteiger partial charge in [-0.2, -0.15) is 0 Å². The number of aromatic nitrogens is 1. The summed E-state index contributed by atoms with van der Waals surface area (Å²) < 4.78 is 6.40. The molecule has 0 unspecified atom stereocenters. The second kappa shape index (κ2) is 8.51. The molecule has 2 heterocycles. The van der Waals surface area contributed by atoms with Crippen molar-refractivity contribution in [3.8, 4) is 55.8 Å². The molecule has 8 aromatic rings. The highest BCUT2D eigenvalue weighted by Gasteiger charge is 2.24. The van der Waals surface area contributed by atoms with Crippen LogP contribution in [0.25, 0.3) is 88.6 Å². The van der Waals surface area contributed by atoms with Crippen molar-refractivity contribution in [2.45, 2.75) is 0 Å². The molecule has 1 aliphatic rings. The van der Waals surface area contributed by atoms with Gasteiger partial charge in [-0.3, -0.25) is 0 Å². The van der Waals surface area contributed by atoms with Crippen LogP contribution < -0.4 is 0 Å². The van der Waals surface area contributed by atoms with Crippen LogP contribution in [0, 0.1) is 0 Å². The number of hydrogen-bond acceptors (Lipinski definition) is 2. The molecule has 9 rings (SSSR count). The van der Waals surface area contributed by atoms with Crippen molar-refractivity contribution in [3.05, 3.63) is 140 Å². The monoisotopic (exact) mass is 521 g/mol. The average molecular weight is 522 g/mol. The fourth-order valence-corrected chi connectivity index (χ4v) is 6.63. The van der Waals surface area contributed by atoms with E-state index < -0.39 is 0 Å². The van der Waals surface area contributed by atoms with Gasteiger partial charge in [-0.05, 0) is 57.1 Å². The lowest BCUT2D eigenvalue weighted by atomic mass is 9.80. The fourth-order valence-electron chi connectivity index (χ4n) is 6.63. The summed E-state index contributed by atoms with van der Waals surface area (Å²) in [7, 11) is 0. The molecule has 1 aliphatic carbocycles. The molecule has 0 bridgehead atoms. The number of fused-ring (bicyclic) bond motifs is 13. The Kier molecular flexibility index (Phi) is 4.64. The molecule has 6 aromatic carbocycles. The van der Waals surface area contributed by atoms with Gasteiger partial charge < -0.3 is 4.42 Å². The zero-order valence-electron chi connectivity index (χ0n) is 22.1. The van der Waals surface area contributed by atoms with E-state index in [4.69, 9.17) is 9.40 Å². The van der Waals surface area contributed by atoms with E-state index in [1.807, 2.05) is 12.1 Å². The van der Waals surface area contributed by atoms with Crippen molar-refractivity contribution in [1.29, 1.82) is 0 Å². The minimum atomic E-state index is 0.874. The van der Waals surface area contributed by atoms with Gasteiger partial charge in [0.25, 0.3) is 0 Å². The standard InChI is InChI=1S/C39H23NO/c1-2-11-26-25(10-1)27-12-3-4-14-29(27)32-22-20-24-21-23-35(40-38(24)37(32)31-16-6-5-13-28(26)31)34-18-9-17-33-30-15-7-8-19-36(30)41-39(33)34/h1-23H. The van der Waals surface area contributed by atoms with E-state index in [1.165, 1.54) is 44.5 Å². The molecule has 2 aromatic heterocycles. The number of benzene rings is 6. The first-order chi connectivity index (χ1) is 20.3. The molecule has 0 saturated carbocycles. The van der Waals surface area contributed by atoms with Crippen molar-refractivity contribution in [2.75, 3.05) is 0 Å². The van der Waals surface area contributed by atoms with Crippen molar-refractivity contribution < 1.29 is 4.42 Å². The summed E-state index contributed by atoms with van der Waals surface area (Å²) in [6.45, 7) is 0. The summed E-state index contributed by atoms with van der Waals surface area (Å²) in [6.07, 6.45) is 0. The molecule has 0 aliphatic heterocycles. The topological polar surface area (TPSA) is 26.0 Å². The number of nitrogens with zero attached hydrogens (tertiary/aromatic N) is 1. The SMILES string of the molecule is c1ccc2c(c1)-c1ccccc1-c1ccc3ccc(-c4cccc5c4oc4ccccc45)nc3c1-c1ccccc1-2. The molecule has 0 amide bonds. The lowest BCUT2D eigenvalue weighted by molar-refractivity contribution is 0.670. The van der Waals surface area contributed by atoms with Crippen LogP contribution in [0.1, 0.15) is 0 Å². The molecule has 0 atom stereocenters. The van der Waals surface area contributed by atoms with Gasteiger partial charge in [0, 0.05) is 27.3 Å². The van der Waals surface area contributed by atoms with Crippen LogP contribution in [0.15, 0.2) is 144 Å². The molecule has 2 heteroatoms. The Hall–Kier alpha value is -5.47. The second-order valence-corrected chi connectivity index (χ2v) is 10.7. The number of pyridine rings is 1. The quantitative estimate of drug-likeness (QED) is 0.215.